The summed E-state index contributed by atoms with van der Waals surface area (Å²) in [5.41, 5.74) is 1.03. The molecule has 0 spiro atoms. The molecule has 0 saturated heterocycles. The molecular formula is C8H11ClO. The molecule has 1 N–H and O–H groups in total. The van der Waals surface area contributed by atoms with Crippen molar-refractivity contribution in [3.63, 3.8) is 0 Å². The Morgan fingerprint density at radius 3 is 2.80 bits per heavy atom. The number of rotatable bonds is 1. The molecule has 0 bridgehead atoms. The number of hydrogen-bond donors (Lipinski definition) is 1. The first kappa shape index (κ1) is 7.83. The fraction of sp³-hybridized carbons (Fsp3) is 0.500. The van der Waals surface area contributed by atoms with Crippen molar-refractivity contribution >= 4 is 11.6 Å². The highest BCUT2D eigenvalue weighted by atomic mass is 35.5. The Hall–Kier alpha value is -0.270. The normalized spacial score (nSPS) is 21.5. The van der Waals surface area contributed by atoms with Gasteiger partial charge in [-0.15, -0.1) is 0 Å². The van der Waals surface area contributed by atoms with E-state index in [4.69, 9.17) is 16.7 Å². The maximum absolute atomic E-state index is 9.14. The minimum Gasteiger partial charge on any atom is -0.389 e. The van der Waals surface area contributed by atoms with Crippen LogP contribution in [0.3, 0.4) is 0 Å². The third-order valence-electron chi connectivity index (χ3n) is 1.63. The van der Waals surface area contributed by atoms with Gasteiger partial charge in [0, 0.05) is 5.03 Å². The summed E-state index contributed by atoms with van der Waals surface area (Å²) in [5.74, 6) is 0. The average Bonchev–Trinajstić information content (AvgIpc) is 1.88. The summed E-state index contributed by atoms with van der Waals surface area (Å²) in [6.45, 7) is 1.77. The summed E-state index contributed by atoms with van der Waals surface area (Å²) in [7, 11) is 0. The van der Waals surface area contributed by atoms with Gasteiger partial charge in [-0.3, -0.25) is 0 Å². The first-order chi connectivity index (χ1) is 4.70. The van der Waals surface area contributed by atoms with Gasteiger partial charge in [0.05, 0.1) is 6.10 Å². The quantitative estimate of drug-likeness (QED) is 0.621. The van der Waals surface area contributed by atoms with Crippen molar-refractivity contribution in [2.24, 2.45) is 0 Å². The van der Waals surface area contributed by atoms with Crippen LogP contribution in [0.1, 0.15) is 19.8 Å². The summed E-state index contributed by atoms with van der Waals surface area (Å²) in [5, 5.41) is 9.89. The van der Waals surface area contributed by atoms with Gasteiger partial charge in [-0.25, -0.2) is 0 Å². The summed E-state index contributed by atoms with van der Waals surface area (Å²) < 4.78 is 0. The largest absolute Gasteiger partial charge is 0.389 e. The Morgan fingerprint density at radius 1 is 1.70 bits per heavy atom. The molecule has 1 nitrogen and oxygen atoms in total. The Bertz CT molecular complexity index is 180. The molecule has 1 rings (SSSR count). The fourth-order valence-electron chi connectivity index (χ4n) is 1.01. The zero-order chi connectivity index (χ0) is 7.56. The number of aliphatic hydroxyl groups excluding tert-OH is 1. The molecule has 0 aromatic heterocycles. The predicted octanol–water partition coefficient (Wildman–Crippen LogP) is 2.21. The Labute approximate surface area is 66.0 Å². The lowest BCUT2D eigenvalue weighted by Crippen LogP contribution is -2.06. The van der Waals surface area contributed by atoms with Crippen LogP contribution in [0.15, 0.2) is 22.8 Å². The molecule has 0 heterocycles. The van der Waals surface area contributed by atoms with Gasteiger partial charge < -0.3 is 5.11 Å². The Balaban J connectivity index is 2.69. The average molecular weight is 159 g/mol. The van der Waals surface area contributed by atoms with Crippen molar-refractivity contribution in [2.75, 3.05) is 0 Å². The van der Waals surface area contributed by atoms with Gasteiger partial charge in [0.15, 0.2) is 0 Å². The van der Waals surface area contributed by atoms with Crippen molar-refractivity contribution in [1.82, 2.24) is 0 Å². The highest BCUT2D eigenvalue weighted by Gasteiger charge is 2.07. The lowest BCUT2D eigenvalue weighted by molar-refractivity contribution is 0.227. The van der Waals surface area contributed by atoms with Crippen molar-refractivity contribution < 1.29 is 5.11 Å². The zero-order valence-electron chi connectivity index (χ0n) is 5.97. The molecule has 0 aromatic rings. The number of hydrogen-bond acceptors (Lipinski definition) is 1. The van der Waals surface area contributed by atoms with Gasteiger partial charge >= 0.3 is 0 Å². The summed E-state index contributed by atoms with van der Waals surface area (Å²) >= 11 is 5.73. The lowest BCUT2D eigenvalue weighted by atomic mass is 10.0. The SMILES string of the molecule is CC(O)C1=CC(Cl)=CCC1. The second kappa shape index (κ2) is 3.22. The van der Waals surface area contributed by atoms with E-state index in [-0.39, 0.29) is 6.10 Å². The molecule has 10 heavy (non-hydrogen) atoms. The lowest BCUT2D eigenvalue weighted by Gasteiger charge is -2.12. The van der Waals surface area contributed by atoms with Gasteiger partial charge in [-0.1, -0.05) is 17.7 Å². The standard InChI is InChI=1S/C8H11ClO/c1-6(10)7-3-2-4-8(9)5-7/h4-6,10H,2-3H2,1H3. The molecule has 1 aliphatic carbocycles. The Morgan fingerprint density at radius 2 is 2.40 bits per heavy atom. The van der Waals surface area contributed by atoms with Gasteiger partial charge in [0.25, 0.3) is 0 Å². The highest BCUT2D eigenvalue weighted by Crippen LogP contribution is 2.21. The highest BCUT2D eigenvalue weighted by molar-refractivity contribution is 6.31. The zero-order valence-corrected chi connectivity index (χ0v) is 6.73. The van der Waals surface area contributed by atoms with Crippen LogP contribution in [0, 0.1) is 0 Å². The van der Waals surface area contributed by atoms with Gasteiger partial charge in [0.2, 0.25) is 0 Å². The van der Waals surface area contributed by atoms with Crippen LogP contribution in [0.25, 0.3) is 0 Å². The minimum absolute atomic E-state index is 0.345. The number of allylic oxidation sites excluding steroid dienone is 3. The first-order valence-corrected chi connectivity index (χ1v) is 3.82. The van der Waals surface area contributed by atoms with Crippen LogP contribution >= 0.6 is 11.6 Å². The maximum atomic E-state index is 9.14. The van der Waals surface area contributed by atoms with Crippen LogP contribution < -0.4 is 0 Å². The summed E-state index contributed by atoms with van der Waals surface area (Å²) in [4.78, 5) is 0. The first-order valence-electron chi connectivity index (χ1n) is 3.44. The van der Waals surface area contributed by atoms with Crippen LogP contribution in [-0.2, 0) is 0 Å². The molecule has 0 aromatic carbocycles. The van der Waals surface area contributed by atoms with E-state index in [1.54, 1.807) is 6.92 Å². The van der Waals surface area contributed by atoms with Crippen molar-refractivity contribution in [3.8, 4) is 0 Å². The molecular weight excluding hydrogens is 148 g/mol. The second-order valence-corrected chi connectivity index (χ2v) is 2.96. The van der Waals surface area contributed by atoms with Gasteiger partial charge in [0.1, 0.15) is 0 Å². The smallest absolute Gasteiger partial charge is 0.0725 e. The molecule has 0 amide bonds. The molecule has 1 aliphatic rings. The van der Waals surface area contributed by atoms with Crippen LogP contribution in [0.5, 0.6) is 0 Å². The molecule has 0 saturated carbocycles. The molecule has 1 atom stereocenters. The molecule has 0 aliphatic heterocycles. The van der Waals surface area contributed by atoms with E-state index in [2.05, 4.69) is 0 Å². The summed E-state index contributed by atoms with van der Waals surface area (Å²) in [6, 6.07) is 0. The van der Waals surface area contributed by atoms with E-state index < -0.39 is 0 Å². The van der Waals surface area contributed by atoms with Crippen molar-refractivity contribution in [1.29, 1.82) is 0 Å². The van der Waals surface area contributed by atoms with E-state index in [1.165, 1.54) is 0 Å². The molecule has 1 unspecified atom stereocenters. The molecule has 0 radical (unpaired) electrons. The molecule has 0 fully saturated rings. The predicted molar refractivity (Wildman–Crippen MR) is 42.9 cm³/mol. The van der Waals surface area contributed by atoms with Gasteiger partial charge in [-0.05, 0) is 31.4 Å². The maximum Gasteiger partial charge on any atom is 0.0725 e. The molecule has 56 valence electrons. The second-order valence-electron chi connectivity index (χ2n) is 2.52. The van der Waals surface area contributed by atoms with E-state index >= 15 is 0 Å². The van der Waals surface area contributed by atoms with Crippen molar-refractivity contribution in [2.45, 2.75) is 25.9 Å². The summed E-state index contributed by atoms with van der Waals surface area (Å²) in [6.07, 6.45) is 5.36. The minimum atomic E-state index is -0.345. The van der Waals surface area contributed by atoms with Crippen LogP contribution in [0.4, 0.5) is 0 Å². The number of halogens is 1. The van der Waals surface area contributed by atoms with Gasteiger partial charge in [-0.2, -0.15) is 0 Å². The third-order valence-corrected chi connectivity index (χ3v) is 1.90. The van der Waals surface area contributed by atoms with Crippen molar-refractivity contribution in [3.05, 3.63) is 22.8 Å². The van der Waals surface area contributed by atoms with E-state index in [0.29, 0.717) is 0 Å². The number of aliphatic hydroxyl groups is 1. The van der Waals surface area contributed by atoms with E-state index in [9.17, 15) is 0 Å². The van der Waals surface area contributed by atoms with E-state index in [0.717, 1.165) is 23.4 Å². The Kier molecular flexibility index (Phi) is 2.52. The molecule has 2 heteroatoms. The van der Waals surface area contributed by atoms with E-state index in [1.807, 2.05) is 12.2 Å². The fourth-order valence-corrected chi connectivity index (χ4v) is 1.26. The topological polar surface area (TPSA) is 20.2 Å². The monoisotopic (exact) mass is 158 g/mol. The van der Waals surface area contributed by atoms with Crippen LogP contribution in [-0.4, -0.2) is 11.2 Å². The van der Waals surface area contributed by atoms with Crippen LogP contribution in [0.2, 0.25) is 0 Å². The third kappa shape index (κ3) is 1.86.